The van der Waals surface area contributed by atoms with Gasteiger partial charge in [-0.1, -0.05) is 12.1 Å². The van der Waals surface area contributed by atoms with Gasteiger partial charge in [0.25, 0.3) is 0 Å². The molecule has 1 aromatic rings. The highest BCUT2D eigenvalue weighted by atomic mass is 16.3. The Bertz CT molecular complexity index is 284. The van der Waals surface area contributed by atoms with Gasteiger partial charge in [-0.05, 0) is 24.6 Å². The molecule has 0 saturated heterocycles. The van der Waals surface area contributed by atoms with Crippen molar-refractivity contribution in [2.75, 3.05) is 25.1 Å². The number of nitrogens with two attached hydrogens (primary N) is 1. The largest absolute Gasteiger partial charge is 0.394 e. The number of aliphatic hydroxyl groups excluding tert-OH is 1. The number of hydrogen-bond donors (Lipinski definition) is 2. The predicted octanol–water partition coefficient (Wildman–Crippen LogP) is 0.751. The maximum atomic E-state index is 9.11. The van der Waals surface area contributed by atoms with Gasteiger partial charge in [-0.25, -0.2) is 0 Å². The van der Waals surface area contributed by atoms with Crippen LogP contribution in [0.25, 0.3) is 0 Å². The fraction of sp³-hybridized carbons (Fsp3) is 0.455. The summed E-state index contributed by atoms with van der Waals surface area (Å²) in [5.41, 5.74) is 7.86. The van der Waals surface area contributed by atoms with Gasteiger partial charge in [-0.3, -0.25) is 0 Å². The van der Waals surface area contributed by atoms with E-state index in [0.717, 1.165) is 5.69 Å². The molecule has 0 saturated carbocycles. The van der Waals surface area contributed by atoms with Crippen LogP contribution < -0.4 is 10.6 Å². The standard InChI is InChI=1S/C11H18N2O/c1-9-4-3-5-10(6-9)13(2)11(7-12)8-14/h3-6,11,14H,7-8,12H2,1-2H3. The topological polar surface area (TPSA) is 49.5 Å². The number of rotatable bonds is 4. The Hall–Kier alpha value is -1.06. The lowest BCUT2D eigenvalue weighted by Gasteiger charge is -2.27. The number of benzene rings is 1. The van der Waals surface area contributed by atoms with Gasteiger partial charge in [0.15, 0.2) is 0 Å². The first-order valence-electron chi connectivity index (χ1n) is 4.79. The van der Waals surface area contributed by atoms with Crippen LogP contribution in [-0.4, -0.2) is 31.3 Å². The third-order valence-corrected chi connectivity index (χ3v) is 2.44. The number of nitrogens with zero attached hydrogens (tertiary/aromatic N) is 1. The van der Waals surface area contributed by atoms with Crippen molar-refractivity contribution in [2.24, 2.45) is 5.73 Å². The van der Waals surface area contributed by atoms with Crippen molar-refractivity contribution in [3.63, 3.8) is 0 Å². The van der Waals surface area contributed by atoms with Crippen LogP contribution in [0.2, 0.25) is 0 Å². The van der Waals surface area contributed by atoms with E-state index in [4.69, 9.17) is 10.8 Å². The van der Waals surface area contributed by atoms with Crippen LogP contribution in [0.1, 0.15) is 5.56 Å². The van der Waals surface area contributed by atoms with Gasteiger partial charge in [0.2, 0.25) is 0 Å². The van der Waals surface area contributed by atoms with E-state index in [1.54, 1.807) is 0 Å². The molecule has 1 atom stereocenters. The number of anilines is 1. The summed E-state index contributed by atoms with van der Waals surface area (Å²) >= 11 is 0. The Balaban J connectivity index is 2.82. The minimum atomic E-state index is -0.00296. The summed E-state index contributed by atoms with van der Waals surface area (Å²) in [5.74, 6) is 0. The first-order chi connectivity index (χ1) is 6.69. The van der Waals surface area contributed by atoms with Gasteiger partial charge in [0.1, 0.15) is 0 Å². The molecule has 0 heterocycles. The fourth-order valence-corrected chi connectivity index (χ4v) is 1.41. The lowest BCUT2D eigenvalue weighted by molar-refractivity contribution is 0.265. The predicted molar refractivity (Wildman–Crippen MR) is 59.5 cm³/mol. The number of aryl methyl sites for hydroxylation is 1. The normalized spacial score (nSPS) is 12.6. The van der Waals surface area contributed by atoms with Crippen LogP contribution in [0.4, 0.5) is 5.69 Å². The SMILES string of the molecule is Cc1cccc(N(C)C(CN)CO)c1. The Morgan fingerprint density at radius 2 is 2.21 bits per heavy atom. The molecule has 1 unspecified atom stereocenters. The van der Waals surface area contributed by atoms with Gasteiger partial charge < -0.3 is 15.7 Å². The minimum Gasteiger partial charge on any atom is -0.394 e. The van der Waals surface area contributed by atoms with Crippen LogP contribution in [-0.2, 0) is 0 Å². The second-order valence-electron chi connectivity index (χ2n) is 3.52. The highest BCUT2D eigenvalue weighted by molar-refractivity contribution is 5.48. The highest BCUT2D eigenvalue weighted by Crippen LogP contribution is 2.16. The fourth-order valence-electron chi connectivity index (χ4n) is 1.41. The highest BCUT2D eigenvalue weighted by Gasteiger charge is 2.11. The van der Waals surface area contributed by atoms with Crippen LogP contribution in [0.15, 0.2) is 24.3 Å². The van der Waals surface area contributed by atoms with Crippen molar-refractivity contribution >= 4 is 5.69 Å². The Labute approximate surface area is 85.2 Å². The quantitative estimate of drug-likeness (QED) is 0.743. The molecule has 3 heteroatoms. The van der Waals surface area contributed by atoms with Crippen molar-refractivity contribution < 1.29 is 5.11 Å². The molecule has 0 amide bonds. The zero-order valence-corrected chi connectivity index (χ0v) is 8.77. The smallest absolute Gasteiger partial charge is 0.0647 e. The number of aliphatic hydroxyl groups is 1. The Kier molecular flexibility index (Phi) is 3.92. The summed E-state index contributed by atoms with van der Waals surface area (Å²) in [7, 11) is 1.95. The third kappa shape index (κ3) is 2.47. The second-order valence-corrected chi connectivity index (χ2v) is 3.52. The van der Waals surface area contributed by atoms with Crippen molar-refractivity contribution in [1.82, 2.24) is 0 Å². The molecule has 0 aromatic heterocycles. The van der Waals surface area contributed by atoms with E-state index in [1.165, 1.54) is 5.56 Å². The van der Waals surface area contributed by atoms with Gasteiger partial charge >= 0.3 is 0 Å². The summed E-state index contributed by atoms with van der Waals surface area (Å²) in [4.78, 5) is 2.01. The van der Waals surface area contributed by atoms with Gasteiger partial charge in [0.05, 0.1) is 12.6 Å². The lowest BCUT2D eigenvalue weighted by atomic mass is 10.2. The van der Waals surface area contributed by atoms with E-state index in [-0.39, 0.29) is 12.6 Å². The number of hydrogen-bond acceptors (Lipinski definition) is 3. The zero-order valence-electron chi connectivity index (χ0n) is 8.77. The summed E-state index contributed by atoms with van der Waals surface area (Å²) in [6, 6.07) is 8.15. The molecule has 3 nitrogen and oxygen atoms in total. The lowest BCUT2D eigenvalue weighted by Crippen LogP contribution is -2.40. The third-order valence-electron chi connectivity index (χ3n) is 2.44. The molecule has 0 bridgehead atoms. The van der Waals surface area contributed by atoms with Crippen molar-refractivity contribution in [2.45, 2.75) is 13.0 Å². The van der Waals surface area contributed by atoms with Gasteiger partial charge in [-0.15, -0.1) is 0 Å². The van der Waals surface area contributed by atoms with Crippen molar-refractivity contribution in [1.29, 1.82) is 0 Å². The monoisotopic (exact) mass is 194 g/mol. The summed E-state index contributed by atoms with van der Waals surface area (Å²) in [6.07, 6.45) is 0. The van der Waals surface area contributed by atoms with Crippen LogP contribution >= 0.6 is 0 Å². The maximum Gasteiger partial charge on any atom is 0.0647 e. The number of likely N-dealkylation sites (N-methyl/N-ethyl adjacent to an activating group) is 1. The molecule has 1 aromatic carbocycles. The molecule has 3 N–H and O–H groups in total. The molecule has 0 spiro atoms. The molecule has 0 fully saturated rings. The first kappa shape index (κ1) is 11.0. The average molecular weight is 194 g/mol. The van der Waals surface area contributed by atoms with Crippen LogP contribution in [0.5, 0.6) is 0 Å². The van der Waals surface area contributed by atoms with Gasteiger partial charge in [-0.2, -0.15) is 0 Å². The van der Waals surface area contributed by atoms with Crippen LogP contribution in [0.3, 0.4) is 0 Å². The average Bonchev–Trinajstić information content (AvgIpc) is 2.19. The molecular formula is C11H18N2O. The van der Waals surface area contributed by atoms with Crippen molar-refractivity contribution in [3.8, 4) is 0 Å². The van der Waals surface area contributed by atoms with E-state index < -0.39 is 0 Å². The zero-order chi connectivity index (χ0) is 10.6. The molecular weight excluding hydrogens is 176 g/mol. The summed E-state index contributed by atoms with van der Waals surface area (Å²) in [5, 5.41) is 9.11. The molecule has 0 aliphatic carbocycles. The molecule has 78 valence electrons. The molecule has 0 aliphatic heterocycles. The second kappa shape index (κ2) is 4.98. The van der Waals surface area contributed by atoms with Crippen LogP contribution in [0, 0.1) is 6.92 Å². The summed E-state index contributed by atoms with van der Waals surface area (Å²) in [6.45, 7) is 2.59. The maximum absolute atomic E-state index is 9.11. The van der Waals surface area contributed by atoms with Crippen molar-refractivity contribution in [3.05, 3.63) is 29.8 Å². The van der Waals surface area contributed by atoms with E-state index in [9.17, 15) is 0 Å². The van der Waals surface area contributed by atoms with E-state index in [0.29, 0.717) is 6.54 Å². The Morgan fingerprint density at radius 3 is 2.71 bits per heavy atom. The Morgan fingerprint density at radius 1 is 1.50 bits per heavy atom. The van der Waals surface area contributed by atoms with E-state index >= 15 is 0 Å². The molecule has 0 aliphatic rings. The van der Waals surface area contributed by atoms with E-state index in [2.05, 4.69) is 6.07 Å². The first-order valence-corrected chi connectivity index (χ1v) is 4.79. The molecule has 0 radical (unpaired) electrons. The summed E-state index contributed by atoms with van der Waals surface area (Å²) < 4.78 is 0. The van der Waals surface area contributed by atoms with Gasteiger partial charge in [0, 0.05) is 19.3 Å². The van der Waals surface area contributed by atoms with E-state index in [1.807, 2.05) is 37.1 Å². The molecule has 14 heavy (non-hydrogen) atoms. The molecule has 1 rings (SSSR count). The minimum absolute atomic E-state index is 0.00296.